The Morgan fingerprint density at radius 3 is 2.85 bits per heavy atom. The van der Waals surface area contributed by atoms with Gasteiger partial charge < -0.3 is 14.6 Å². The fourth-order valence-electron chi connectivity index (χ4n) is 1.24. The van der Waals surface area contributed by atoms with Gasteiger partial charge in [-0.3, -0.25) is 0 Å². The van der Waals surface area contributed by atoms with Gasteiger partial charge in [-0.05, 0) is 6.07 Å². The van der Waals surface area contributed by atoms with E-state index in [9.17, 15) is 0 Å². The fraction of sp³-hybridized carbons (Fsp3) is 0.333. The summed E-state index contributed by atoms with van der Waals surface area (Å²) in [5, 5.41) is 9.38. The quantitative estimate of drug-likeness (QED) is 0.749. The zero-order valence-electron chi connectivity index (χ0n) is 6.92. The molecule has 1 aromatic rings. The van der Waals surface area contributed by atoms with Crippen LogP contribution in [-0.2, 0) is 6.61 Å². The van der Waals surface area contributed by atoms with E-state index in [0.717, 1.165) is 0 Å². The summed E-state index contributed by atoms with van der Waals surface area (Å²) >= 11 is 5.96. The van der Waals surface area contributed by atoms with Crippen LogP contribution in [0.1, 0.15) is 5.56 Å². The van der Waals surface area contributed by atoms with Crippen molar-refractivity contribution in [1.29, 1.82) is 0 Å². The van der Waals surface area contributed by atoms with Crippen LogP contribution in [0, 0.1) is 0 Å². The predicted octanol–water partition coefficient (Wildman–Crippen LogP) is 1.60. The van der Waals surface area contributed by atoms with Gasteiger partial charge in [0.05, 0.1) is 11.6 Å². The second-order valence-corrected chi connectivity index (χ2v) is 3.10. The SMILES string of the molecule is OCc1ccc2c(c1Cl)OCCO2. The topological polar surface area (TPSA) is 38.7 Å². The lowest BCUT2D eigenvalue weighted by molar-refractivity contribution is 0.171. The van der Waals surface area contributed by atoms with Crippen molar-refractivity contribution >= 4 is 11.6 Å². The summed E-state index contributed by atoms with van der Waals surface area (Å²) in [6.07, 6.45) is 0. The van der Waals surface area contributed by atoms with Crippen LogP contribution in [0.15, 0.2) is 12.1 Å². The number of ether oxygens (including phenoxy) is 2. The normalized spacial score (nSPS) is 14.3. The molecule has 0 saturated carbocycles. The van der Waals surface area contributed by atoms with Crippen LogP contribution < -0.4 is 9.47 Å². The van der Waals surface area contributed by atoms with Crippen molar-refractivity contribution < 1.29 is 14.6 Å². The minimum atomic E-state index is -0.0878. The number of rotatable bonds is 1. The maximum Gasteiger partial charge on any atom is 0.180 e. The van der Waals surface area contributed by atoms with E-state index in [2.05, 4.69) is 0 Å². The Balaban J connectivity index is 2.48. The second-order valence-electron chi connectivity index (χ2n) is 2.72. The van der Waals surface area contributed by atoms with Gasteiger partial charge in [0, 0.05) is 5.56 Å². The molecule has 0 radical (unpaired) electrons. The Kier molecular flexibility index (Phi) is 2.29. The van der Waals surface area contributed by atoms with Gasteiger partial charge in [-0.25, -0.2) is 0 Å². The number of aliphatic hydroxyl groups excluding tert-OH is 1. The van der Waals surface area contributed by atoms with Crippen molar-refractivity contribution in [3.05, 3.63) is 22.7 Å². The average Bonchev–Trinajstić information content (AvgIpc) is 2.19. The molecule has 0 aliphatic carbocycles. The van der Waals surface area contributed by atoms with Crippen molar-refractivity contribution in [2.75, 3.05) is 13.2 Å². The van der Waals surface area contributed by atoms with E-state index in [0.29, 0.717) is 35.3 Å². The van der Waals surface area contributed by atoms with E-state index in [-0.39, 0.29) is 6.61 Å². The second kappa shape index (κ2) is 3.44. The van der Waals surface area contributed by atoms with Crippen LogP contribution >= 0.6 is 11.6 Å². The number of benzene rings is 1. The van der Waals surface area contributed by atoms with Crippen LogP contribution in [0.3, 0.4) is 0 Å². The summed E-state index contributed by atoms with van der Waals surface area (Å²) in [7, 11) is 0. The molecule has 0 fully saturated rings. The van der Waals surface area contributed by atoms with E-state index >= 15 is 0 Å². The van der Waals surface area contributed by atoms with Crippen LogP contribution in [0.2, 0.25) is 5.02 Å². The zero-order valence-corrected chi connectivity index (χ0v) is 7.67. The Morgan fingerprint density at radius 2 is 2.08 bits per heavy atom. The molecule has 3 nitrogen and oxygen atoms in total. The molecule has 4 heteroatoms. The highest BCUT2D eigenvalue weighted by Crippen LogP contribution is 2.39. The van der Waals surface area contributed by atoms with E-state index < -0.39 is 0 Å². The first-order valence-corrected chi connectivity index (χ1v) is 4.38. The van der Waals surface area contributed by atoms with Gasteiger partial charge in [0.15, 0.2) is 11.5 Å². The van der Waals surface area contributed by atoms with Crippen LogP contribution in [-0.4, -0.2) is 18.3 Å². The third-order valence-electron chi connectivity index (χ3n) is 1.90. The molecule has 0 spiro atoms. The smallest absolute Gasteiger partial charge is 0.180 e. The maximum atomic E-state index is 8.94. The lowest BCUT2D eigenvalue weighted by Gasteiger charge is -2.20. The number of hydrogen-bond donors (Lipinski definition) is 1. The number of halogens is 1. The van der Waals surface area contributed by atoms with Crippen LogP contribution in [0.25, 0.3) is 0 Å². The first-order valence-electron chi connectivity index (χ1n) is 4.01. The third kappa shape index (κ3) is 1.45. The Labute approximate surface area is 80.8 Å². The Morgan fingerprint density at radius 1 is 1.31 bits per heavy atom. The minimum Gasteiger partial charge on any atom is -0.486 e. The highest BCUT2D eigenvalue weighted by molar-refractivity contribution is 6.33. The monoisotopic (exact) mass is 200 g/mol. The first kappa shape index (κ1) is 8.66. The van der Waals surface area contributed by atoms with E-state index in [4.69, 9.17) is 26.2 Å². The predicted molar refractivity (Wildman–Crippen MR) is 48.4 cm³/mol. The molecular weight excluding hydrogens is 192 g/mol. The Bertz CT molecular complexity index is 325. The van der Waals surface area contributed by atoms with Crippen LogP contribution in [0.5, 0.6) is 11.5 Å². The zero-order chi connectivity index (χ0) is 9.26. The minimum absolute atomic E-state index is 0.0878. The maximum absolute atomic E-state index is 8.94. The summed E-state index contributed by atoms with van der Waals surface area (Å²) in [6, 6.07) is 3.49. The summed E-state index contributed by atoms with van der Waals surface area (Å²) in [5.41, 5.74) is 0.658. The number of fused-ring (bicyclic) bond motifs is 1. The summed E-state index contributed by atoms with van der Waals surface area (Å²) in [4.78, 5) is 0. The van der Waals surface area contributed by atoms with Crippen molar-refractivity contribution in [2.45, 2.75) is 6.61 Å². The molecule has 0 unspecified atom stereocenters. The van der Waals surface area contributed by atoms with Crippen LogP contribution in [0.4, 0.5) is 0 Å². The molecule has 1 heterocycles. The highest BCUT2D eigenvalue weighted by atomic mass is 35.5. The molecule has 0 atom stereocenters. The molecule has 1 aliphatic heterocycles. The van der Waals surface area contributed by atoms with Gasteiger partial charge in [0.2, 0.25) is 0 Å². The molecule has 2 rings (SSSR count). The van der Waals surface area contributed by atoms with E-state index in [1.54, 1.807) is 12.1 Å². The van der Waals surface area contributed by atoms with E-state index in [1.165, 1.54) is 0 Å². The van der Waals surface area contributed by atoms with Gasteiger partial charge >= 0.3 is 0 Å². The Hall–Kier alpha value is -0.930. The molecule has 0 saturated heterocycles. The van der Waals surface area contributed by atoms with Crippen molar-refractivity contribution in [1.82, 2.24) is 0 Å². The first-order chi connectivity index (χ1) is 6.33. The molecule has 13 heavy (non-hydrogen) atoms. The van der Waals surface area contributed by atoms with Gasteiger partial charge in [0.1, 0.15) is 13.2 Å². The van der Waals surface area contributed by atoms with Gasteiger partial charge in [-0.15, -0.1) is 0 Å². The van der Waals surface area contributed by atoms with Gasteiger partial charge in [0.25, 0.3) is 0 Å². The number of hydrogen-bond acceptors (Lipinski definition) is 3. The summed E-state index contributed by atoms with van der Waals surface area (Å²) in [6.45, 7) is 0.957. The van der Waals surface area contributed by atoms with Gasteiger partial charge in [-0.2, -0.15) is 0 Å². The largest absolute Gasteiger partial charge is 0.486 e. The molecule has 1 aromatic carbocycles. The summed E-state index contributed by atoms with van der Waals surface area (Å²) < 4.78 is 10.6. The molecule has 1 aliphatic rings. The molecule has 0 aromatic heterocycles. The molecule has 0 bridgehead atoms. The fourth-order valence-corrected chi connectivity index (χ4v) is 1.52. The molecular formula is C9H9ClO3. The molecule has 1 N–H and O–H groups in total. The molecule has 0 amide bonds. The number of aliphatic hydroxyl groups is 1. The van der Waals surface area contributed by atoms with Crippen molar-refractivity contribution in [2.24, 2.45) is 0 Å². The van der Waals surface area contributed by atoms with E-state index in [1.807, 2.05) is 0 Å². The lowest BCUT2D eigenvalue weighted by atomic mass is 10.2. The van der Waals surface area contributed by atoms with Gasteiger partial charge in [-0.1, -0.05) is 17.7 Å². The molecule has 70 valence electrons. The van der Waals surface area contributed by atoms with Crippen molar-refractivity contribution in [3.63, 3.8) is 0 Å². The highest BCUT2D eigenvalue weighted by Gasteiger charge is 2.17. The van der Waals surface area contributed by atoms with Crippen molar-refractivity contribution in [3.8, 4) is 11.5 Å². The summed E-state index contributed by atoms with van der Waals surface area (Å²) in [5.74, 6) is 1.19. The lowest BCUT2D eigenvalue weighted by Crippen LogP contribution is -2.15. The standard InChI is InChI=1S/C9H9ClO3/c10-8-6(5-11)1-2-7-9(8)13-4-3-12-7/h1-2,11H,3-5H2. The third-order valence-corrected chi connectivity index (χ3v) is 2.31. The average molecular weight is 201 g/mol.